The number of nitrogens with two attached hydrogens (primary N) is 1. The minimum atomic E-state index is -4.40. The maximum atomic E-state index is 12.1. The molecule has 0 aliphatic carbocycles. The molecule has 0 aromatic heterocycles. The van der Waals surface area contributed by atoms with E-state index in [2.05, 4.69) is 0 Å². The molecule has 0 aliphatic heterocycles. The molecular formula is C11H13F3N2O. The Labute approximate surface area is 97.0 Å². The highest BCUT2D eigenvalue weighted by molar-refractivity contribution is 5.94. The summed E-state index contributed by atoms with van der Waals surface area (Å²) in [5.74, 6) is -0.676. The lowest BCUT2D eigenvalue weighted by molar-refractivity contribution is -0.138. The van der Waals surface area contributed by atoms with Crippen molar-refractivity contribution in [3.8, 4) is 0 Å². The zero-order valence-corrected chi connectivity index (χ0v) is 9.51. The first kappa shape index (κ1) is 13.3. The molecule has 0 saturated heterocycles. The van der Waals surface area contributed by atoms with Gasteiger partial charge in [0.05, 0.1) is 0 Å². The van der Waals surface area contributed by atoms with E-state index in [-0.39, 0.29) is 5.56 Å². The number of halogens is 3. The van der Waals surface area contributed by atoms with Crippen molar-refractivity contribution in [3.63, 3.8) is 0 Å². The van der Waals surface area contributed by atoms with Gasteiger partial charge in [0.15, 0.2) is 0 Å². The van der Waals surface area contributed by atoms with Crippen LogP contribution in [0.25, 0.3) is 0 Å². The lowest BCUT2D eigenvalue weighted by Gasteiger charge is -2.19. The van der Waals surface area contributed by atoms with Gasteiger partial charge in [-0.05, 0) is 30.7 Å². The van der Waals surface area contributed by atoms with Gasteiger partial charge < -0.3 is 10.6 Å². The molecule has 1 rings (SSSR count). The van der Waals surface area contributed by atoms with Crippen LogP contribution in [0.4, 0.5) is 18.9 Å². The maximum absolute atomic E-state index is 12.1. The predicted octanol–water partition coefficient (Wildman–Crippen LogP) is 2.21. The third-order valence-corrected chi connectivity index (χ3v) is 2.28. The topological polar surface area (TPSA) is 46.3 Å². The van der Waals surface area contributed by atoms with Gasteiger partial charge in [0, 0.05) is 18.3 Å². The first-order chi connectivity index (χ1) is 7.70. The Morgan fingerprint density at radius 3 is 2.47 bits per heavy atom. The molecule has 3 nitrogen and oxygen atoms in total. The zero-order valence-electron chi connectivity index (χ0n) is 9.51. The number of alkyl halides is 3. The van der Waals surface area contributed by atoms with E-state index in [0.29, 0.717) is 16.2 Å². The van der Waals surface area contributed by atoms with Crippen molar-refractivity contribution in [2.24, 2.45) is 0 Å². The Kier molecular flexibility index (Phi) is 3.65. The lowest BCUT2D eigenvalue weighted by atomic mass is 10.1. The van der Waals surface area contributed by atoms with Gasteiger partial charge in [-0.15, -0.1) is 0 Å². The molecule has 0 unspecified atom stereocenters. The van der Waals surface area contributed by atoms with Crippen molar-refractivity contribution in [3.05, 3.63) is 29.3 Å². The highest BCUT2D eigenvalue weighted by atomic mass is 19.4. The van der Waals surface area contributed by atoms with Crippen molar-refractivity contribution in [1.29, 1.82) is 0 Å². The van der Waals surface area contributed by atoms with Gasteiger partial charge in [0.2, 0.25) is 0 Å². The number of hydrogen-bond acceptors (Lipinski definition) is 2. The first-order valence-electron chi connectivity index (χ1n) is 4.89. The second kappa shape index (κ2) is 4.65. The van der Waals surface area contributed by atoms with Crippen LogP contribution in [0.2, 0.25) is 0 Å². The summed E-state index contributed by atoms with van der Waals surface area (Å²) in [6.45, 7) is 0.422. The summed E-state index contributed by atoms with van der Waals surface area (Å²) in [6.07, 6.45) is -4.40. The largest absolute Gasteiger partial charge is 0.406 e. The number of carbonyl (C=O) groups excluding carboxylic acids is 1. The summed E-state index contributed by atoms with van der Waals surface area (Å²) in [4.78, 5) is 12.3. The highest BCUT2D eigenvalue weighted by Crippen LogP contribution is 2.18. The predicted molar refractivity (Wildman–Crippen MR) is 58.6 cm³/mol. The molecule has 1 aromatic rings. The minimum absolute atomic E-state index is 0.198. The molecule has 1 amide bonds. The van der Waals surface area contributed by atoms with Gasteiger partial charge in [-0.2, -0.15) is 13.2 Å². The summed E-state index contributed by atoms with van der Waals surface area (Å²) in [5.41, 5.74) is 6.92. The molecular weight excluding hydrogens is 233 g/mol. The van der Waals surface area contributed by atoms with Gasteiger partial charge in [-0.25, -0.2) is 0 Å². The van der Waals surface area contributed by atoms with E-state index in [4.69, 9.17) is 5.73 Å². The SMILES string of the molecule is Cc1cc(C(=O)N(C)CC(F)(F)F)ccc1N. The Morgan fingerprint density at radius 1 is 1.41 bits per heavy atom. The van der Waals surface area contributed by atoms with Crippen LogP contribution in [0.15, 0.2) is 18.2 Å². The maximum Gasteiger partial charge on any atom is 0.406 e. The third-order valence-electron chi connectivity index (χ3n) is 2.28. The molecule has 0 saturated carbocycles. The zero-order chi connectivity index (χ0) is 13.2. The first-order valence-corrected chi connectivity index (χ1v) is 4.89. The van der Waals surface area contributed by atoms with Crippen LogP contribution < -0.4 is 5.73 Å². The van der Waals surface area contributed by atoms with E-state index in [9.17, 15) is 18.0 Å². The number of nitrogen functional groups attached to an aromatic ring is 1. The standard InChI is InChI=1S/C11H13F3N2O/c1-7-5-8(3-4-9(7)15)10(17)16(2)6-11(12,13)14/h3-5H,6,15H2,1-2H3. The van der Waals surface area contributed by atoms with E-state index in [0.717, 1.165) is 7.05 Å². The van der Waals surface area contributed by atoms with Gasteiger partial charge in [-0.3, -0.25) is 4.79 Å². The third kappa shape index (κ3) is 3.65. The van der Waals surface area contributed by atoms with Crippen LogP contribution in [0.3, 0.4) is 0 Å². The number of nitrogens with zero attached hydrogens (tertiary/aromatic N) is 1. The van der Waals surface area contributed by atoms with Crippen LogP contribution in [0.5, 0.6) is 0 Å². The molecule has 17 heavy (non-hydrogen) atoms. The molecule has 6 heteroatoms. The number of carbonyl (C=O) groups is 1. The molecule has 0 atom stereocenters. The Morgan fingerprint density at radius 2 is 2.00 bits per heavy atom. The van der Waals surface area contributed by atoms with Gasteiger partial charge >= 0.3 is 6.18 Å². The van der Waals surface area contributed by atoms with E-state index in [1.165, 1.54) is 18.2 Å². The summed E-state index contributed by atoms with van der Waals surface area (Å²) < 4.78 is 36.3. The van der Waals surface area contributed by atoms with Gasteiger partial charge in [0.25, 0.3) is 5.91 Å². The summed E-state index contributed by atoms with van der Waals surface area (Å²) in [7, 11) is 1.11. The van der Waals surface area contributed by atoms with Crippen LogP contribution in [0.1, 0.15) is 15.9 Å². The van der Waals surface area contributed by atoms with E-state index in [1.807, 2.05) is 0 Å². The molecule has 1 aromatic carbocycles. The molecule has 0 aliphatic rings. The number of benzene rings is 1. The normalized spacial score (nSPS) is 11.4. The minimum Gasteiger partial charge on any atom is -0.399 e. The van der Waals surface area contributed by atoms with Crippen molar-refractivity contribution in [2.45, 2.75) is 13.1 Å². The number of amides is 1. The summed E-state index contributed by atoms with van der Waals surface area (Å²) in [6, 6.07) is 4.39. The van der Waals surface area contributed by atoms with Crippen molar-refractivity contribution in [2.75, 3.05) is 19.3 Å². The average molecular weight is 246 g/mol. The van der Waals surface area contributed by atoms with Crippen LogP contribution in [-0.2, 0) is 0 Å². The van der Waals surface area contributed by atoms with Gasteiger partial charge in [0.1, 0.15) is 6.54 Å². The fourth-order valence-corrected chi connectivity index (χ4v) is 1.37. The van der Waals surface area contributed by atoms with Crippen LogP contribution in [0, 0.1) is 6.92 Å². The van der Waals surface area contributed by atoms with E-state index < -0.39 is 18.6 Å². The number of rotatable bonds is 2. The quantitative estimate of drug-likeness (QED) is 0.813. The molecule has 0 fully saturated rings. The number of anilines is 1. The van der Waals surface area contributed by atoms with Crippen molar-refractivity contribution < 1.29 is 18.0 Å². The van der Waals surface area contributed by atoms with Crippen molar-refractivity contribution >= 4 is 11.6 Å². The molecule has 0 heterocycles. The van der Waals surface area contributed by atoms with Crippen LogP contribution >= 0.6 is 0 Å². The molecule has 0 bridgehead atoms. The molecule has 0 spiro atoms. The van der Waals surface area contributed by atoms with Gasteiger partial charge in [-0.1, -0.05) is 0 Å². The Hall–Kier alpha value is -1.72. The summed E-state index contributed by atoms with van der Waals surface area (Å²) >= 11 is 0. The Balaban J connectivity index is 2.85. The Bertz CT molecular complexity index is 429. The fraction of sp³-hybridized carbons (Fsp3) is 0.364. The molecule has 94 valence electrons. The van der Waals surface area contributed by atoms with E-state index >= 15 is 0 Å². The molecule has 0 radical (unpaired) electrons. The number of aryl methyl sites for hydroxylation is 1. The average Bonchev–Trinajstić information content (AvgIpc) is 2.18. The highest BCUT2D eigenvalue weighted by Gasteiger charge is 2.31. The lowest BCUT2D eigenvalue weighted by Crippen LogP contribution is -2.35. The fourth-order valence-electron chi connectivity index (χ4n) is 1.37. The smallest absolute Gasteiger partial charge is 0.399 e. The summed E-state index contributed by atoms with van der Waals surface area (Å²) in [5, 5.41) is 0. The second-order valence-corrected chi connectivity index (χ2v) is 3.85. The number of hydrogen-bond donors (Lipinski definition) is 1. The van der Waals surface area contributed by atoms with E-state index in [1.54, 1.807) is 6.92 Å². The second-order valence-electron chi connectivity index (χ2n) is 3.85. The van der Waals surface area contributed by atoms with Crippen LogP contribution in [-0.4, -0.2) is 30.6 Å². The molecule has 2 N–H and O–H groups in total. The monoisotopic (exact) mass is 246 g/mol. The van der Waals surface area contributed by atoms with Crippen molar-refractivity contribution in [1.82, 2.24) is 4.90 Å².